The largest absolute Gasteiger partial charge is 0.351 e. The van der Waals surface area contributed by atoms with E-state index in [1.54, 1.807) is 0 Å². The smallest absolute Gasteiger partial charge is 0.228 e. The van der Waals surface area contributed by atoms with Gasteiger partial charge in [-0.25, -0.2) is 4.98 Å². The van der Waals surface area contributed by atoms with Gasteiger partial charge in [-0.15, -0.1) is 0 Å². The zero-order valence-corrected chi connectivity index (χ0v) is 22.9. The Morgan fingerprint density at radius 3 is 2.27 bits per heavy atom. The average molecular weight is 529 g/mol. The number of rotatable bonds is 8. The number of fused-ring (bicyclic) bond motifs is 1. The lowest BCUT2D eigenvalue weighted by atomic mass is 9.80. The third kappa shape index (κ3) is 5.84. The third-order valence-corrected chi connectivity index (χ3v) is 8.19. The number of nitrogens with one attached hydrogen (secondary N) is 1. The molecule has 0 spiro atoms. The molecule has 5 heteroatoms. The van der Waals surface area contributed by atoms with Crippen molar-refractivity contribution in [3.8, 4) is 11.5 Å². The number of pyridine rings is 1. The van der Waals surface area contributed by atoms with Crippen LogP contribution in [0.3, 0.4) is 0 Å². The number of carbonyl (C=O) groups is 1. The van der Waals surface area contributed by atoms with Crippen LogP contribution < -0.4 is 5.32 Å². The number of para-hydroxylation sites is 2. The van der Waals surface area contributed by atoms with Crippen molar-refractivity contribution in [2.24, 2.45) is 5.92 Å². The van der Waals surface area contributed by atoms with Gasteiger partial charge in [-0.2, -0.15) is 0 Å². The lowest BCUT2D eigenvalue weighted by molar-refractivity contribution is -0.124. The van der Waals surface area contributed by atoms with Gasteiger partial charge < -0.3 is 9.88 Å². The van der Waals surface area contributed by atoms with Crippen LogP contribution in [-0.4, -0.2) is 20.4 Å². The molecule has 5 nitrogen and oxygen atoms in total. The van der Waals surface area contributed by atoms with E-state index in [4.69, 9.17) is 4.98 Å². The Morgan fingerprint density at radius 1 is 0.800 bits per heavy atom. The summed E-state index contributed by atoms with van der Waals surface area (Å²) in [5, 5.41) is 3.25. The summed E-state index contributed by atoms with van der Waals surface area (Å²) in [6.45, 7) is 1.24. The molecule has 1 unspecified atom stereocenters. The van der Waals surface area contributed by atoms with Crippen molar-refractivity contribution in [3.63, 3.8) is 0 Å². The van der Waals surface area contributed by atoms with Crippen molar-refractivity contribution in [2.75, 3.05) is 0 Å². The molecule has 40 heavy (non-hydrogen) atoms. The van der Waals surface area contributed by atoms with Gasteiger partial charge in [0.25, 0.3) is 0 Å². The standard InChI is InChI=1S/C35H36N4O/c40-35(37-24-26-12-4-3-5-13-26)33(28-14-6-1-2-7-15-28)29-21-19-27(20-22-29)25-39-32-18-9-8-16-30(32)38-34(39)31-17-10-11-23-36-31/h3-5,8-13,16-23,28,33H,1-2,6-7,14-15,24-25H2,(H,37,40). The summed E-state index contributed by atoms with van der Waals surface area (Å²) >= 11 is 0. The monoisotopic (exact) mass is 528 g/mol. The van der Waals surface area contributed by atoms with Crippen LogP contribution in [-0.2, 0) is 17.9 Å². The highest BCUT2D eigenvalue weighted by Crippen LogP contribution is 2.36. The first kappa shape index (κ1) is 26.0. The molecule has 1 fully saturated rings. The molecule has 1 N–H and O–H groups in total. The second kappa shape index (κ2) is 12.3. The second-order valence-electron chi connectivity index (χ2n) is 10.9. The quantitative estimate of drug-likeness (QED) is 0.212. The van der Waals surface area contributed by atoms with Gasteiger partial charge >= 0.3 is 0 Å². The van der Waals surface area contributed by atoms with Gasteiger partial charge in [-0.05, 0) is 59.7 Å². The summed E-state index contributed by atoms with van der Waals surface area (Å²) in [7, 11) is 0. The number of aromatic nitrogens is 3. The lowest BCUT2D eigenvalue weighted by Crippen LogP contribution is -2.33. The molecule has 2 aromatic heterocycles. The van der Waals surface area contributed by atoms with E-state index >= 15 is 0 Å². The topological polar surface area (TPSA) is 59.8 Å². The average Bonchev–Trinajstić information content (AvgIpc) is 3.16. The Labute approximate surface area is 236 Å². The molecule has 0 radical (unpaired) electrons. The fraction of sp³-hybridized carbons (Fsp3) is 0.286. The van der Waals surface area contributed by atoms with Gasteiger partial charge in [-0.3, -0.25) is 9.78 Å². The first-order valence-corrected chi connectivity index (χ1v) is 14.5. The van der Waals surface area contributed by atoms with Gasteiger partial charge in [0.05, 0.1) is 17.0 Å². The Morgan fingerprint density at radius 2 is 1.52 bits per heavy atom. The maximum absolute atomic E-state index is 13.7. The molecule has 1 amide bonds. The molecule has 6 rings (SSSR count). The minimum atomic E-state index is -0.131. The number of nitrogens with zero attached hydrogens (tertiary/aromatic N) is 3. The zero-order chi connectivity index (χ0) is 27.1. The number of hydrogen-bond acceptors (Lipinski definition) is 3. The Kier molecular flexibility index (Phi) is 7.99. The number of hydrogen-bond donors (Lipinski definition) is 1. The van der Waals surface area contributed by atoms with Gasteiger partial charge in [0.2, 0.25) is 5.91 Å². The fourth-order valence-corrected chi connectivity index (χ4v) is 6.12. The number of carbonyl (C=O) groups excluding carboxylic acids is 1. The van der Waals surface area contributed by atoms with E-state index in [1.165, 1.54) is 31.2 Å². The highest BCUT2D eigenvalue weighted by Gasteiger charge is 2.30. The molecule has 1 aliphatic rings. The first-order valence-electron chi connectivity index (χ1n) is 14.5. The summed E-state index contributed by atoms with van der Waals surface area (Å²) in [6.07, 6.45) is 8.98. The van der Waals surface area contributed by atoms with Crippen LogP contribution in [0, 0.1) is 5.92 Å². The predicted octanol–water partition coefficient (Wildman–Crippen LogP) is 7.52. The number of amides is 1. The molecule has 3 aromatic carbocycles. The first-order chi connectivity index (χ1) is 19.8. The molecule has 1 atom stereocenters. The molecule has 1 saturated carbocycles. The van der Waals surface area contributed by atoms with Crippen LogP contribution in [0.15, 0.2) is 103 Å². The predicted molar refractivity (Wildman–Crippen MR) is 161 cm³/mol. The third-order valence-electron chi connectivity index (χ3n) is 8.19. The van der Waals surface area contributed by atoms with Crippen molar-refractivity contribution >= 4 is 16.9 Å². The van der Waals surface area contributed by atoms with Crippen LogP contribution in [0.2, 0.25) is 0 Å². The SMILES string of the molecule is O=C(NCc1ccccc1)C(c1ccc(Cn2c(-c3ccccn3)nc3ccccc32)cc1)C1CCCCCC1. The van der Waals surface area contributed by atoms with Crippen LogP contribution in [0.5, 0.6) is 0 Å². The van der Waals surface area contributed by atoms with E-state index in [9.17, 15) is 4.79 Å². The van der Waals surface area contributed by atoms with Crippen molar-refractivity contribution < 1.29 is 4.79 Å². The highest BCUT2D eigenvalue weighted by atomic mass is 16.1. The Bertz CT molecular complexity index is 1540. The lowest BCUT2D eigenvalue weighted by Gasteiger charge is -2.26. The van der Waals surface area contributed by atoms with E-state index in [0.717, 1.165) is 46.5 Å². The van der Waals surface area contributed by atoms with Crippen LogP contribution >= 0.6 is 0 Å². The van der Waals surface area contributed by atoms with Crippen LogP contribution in [0.4, 0.5) is 0 Å². The Balaban J connectivity index is 1.27. The molecule has 2 heterocycles. The van der Waals surface area contributed by atoms with Crippen molar-refractivity contribution in [2.45, 2.75) is 57.5 Å². The van der Waals surface area contributed by atoms with Gasteiger partial charge in [0.15, 0.2) is 5.82 Å². The molecule has 5 aromatic rings. The van der Waals surface area contributed by atoms with Crippen LogP contribution in [0.25, 0.3) is 22.6 Å². The van der Waals surface area contributed by atoms with E-state index in [1.807, 2.05) is 54.7 Å². The summed E-state index contributed by atoms with van der Waals surface area (Å²) in [5.74, 6) is 1.25. The maximum Gasteiger partial charge on any atom is 0.228 e. The normalized spacial score (nSPS) is 15.0. The van der Waals surface area contributed by atoms with E-state index in [2.05, 4.69) is 63.4 Å². The number of benzene rings is 3. The van der Waals surface area contributed by atoms with Crippen molar-refractivity contribution in [1.29, 1.82) is 0 Å². The summed E-state index contributed by atoms with van der Waals surface area (Å²) in [4.78, 5) is 23.2. The second-order valence-corrected chi connectivity index (χ2v) is 10.9. The summed E-state index contributed by atoms with van der Waals surface area (Å²) in [6, 6.07) is 33.0. The molecule has 202 valence electrons. The molecular weight excluding hydrogens is 492 g/mol. The van der Waals surface area contributed by atoms with Crippen molar-refractivity contribution in [3.05, 3.63) is 120 Å². The van der Waals surface area contributed by atoms with Gasteiger partial charge in [0, 0.05) is 19.3 Å². The Hall–Kier alpha value is -4.25. The van der Waals surface area contributed by atoms with Crippen molar-refractivity contribution in [1.82, 2.24) is 19.9 Å². The maximum atomic E-state index is 13.7. The highest BCUT2D eigenvalue weighted by molar-refractivity contribution is 5.84. The van der Waals surface area contributed by atoms with E-state index < -0.39 is 0 Å². The minimum absolute atomic E-state index is 0.131. The van der Waals surface area contributed by atoms with Gasteiger partial charge in [0.1, 0.15) is 5.69 Å². The van der Waals surface area contributed by atoms with Crippen LogP contribution in [0.1, 0.15) is 61.1 Å². The fourth-order valence-electron chi connectivity index (χ4n) is 6.12. The van der Waals surface area contributed by atoms with E-state index in [-0.39, 0.29) is 11.8 Å². The molecule has 0 bridgehead atoms. The van der Waals surface area contributed by atoms with Gasteiger partial charge in [-0.1, -0.05) is 98.5 Å². The molecule has 0 saturated heterocycles. The molecule has 0 aliphatic heterocycles. The summed E-state index contributed by atoms with van der Waals surface area (Å²) in [5.41, 5.74) is 6.32. The molecule has 1 aliphatic carbocycles. The number of imidazole rings is 1. The summed E-state index contributed by atoms with van der Waals surface area (Å²) < 4.78 is 2.24. The minimum Gasteiger partial charge on any atom is -0.351 e. The zero-order valence-electron chi connectivity index (χ0n) is 22.9. The molecular formula is C35H36N4O. The van der Waals surface area contributed by atoms with E-state index in [0.29, 0.717) is 19.0 Å².